The molecule has 1 unspecified atom stereocenters. The van der Waals surface area contributed by atoms with Crippen molar-refractivity contribution in [1.82, 2.24) is 15.1 Å². The molecule has 2 aromatic carbocycles. The molecule has 6 heteroatoms. The van der Waals surface area contributed by atoms with Crippen LogP contribution in [0.1, 0.15) is 29.4 Å². The molecular weight excluding hydrogens is 366 g/mol. The fourth-order valence-electron chi connectivity index (χ4n) is 2.89. The molecule has 150 valence electrons. The number of amides is 1. The van der Waals surface area contributed by atoms with E-state index in [0.29, 0.717) is 0 Å². The Kier molecular flexibility index (Phi) is 7.16. The summed E-state index contributed by atoms with van der Waals surface area (Å²) in [6.07, 6.45) is 1.70. The van der Waals surface area contributed by atoms with Crippen molar-refractivity contribution in [3.8, 4) is 5.75 Å². The van der Waals surface area contributed by atoms with E-state index in [0.717, 1.165) is 18.6 Å². The van der Waals surface area contributed by atoms with E-state index in [1.807, 2.05) is 55.5 Å². The quantitative estimate of drug-likeness (QED) is 0.608. The number of nitrogens with zero attached hydrogens (tertiary/aromatic N) is 2. The highest BCUT2D eigenvalue weighted by Crippen LogP contribution is 2.08. The first-order valence-electron chi connectivity index (χ1n) is 9.72. The molecule has 3 rings (SSSR count). The molecule has 1 aromatic heterocycles. The maximum Gasteiger partial charge on any atom is 0.271 e. The molecule has 0 radical (unpaired) electrons. The van der Waals surface area contributed by atoms with Gasteiger partial charge in [0.1, 0.15) is 18.1 Å². The number of rotatable bonds is 9. The lowest BCUT2D eigenvalue weighted by molar-refractivity contribution is 0.0930. The molecule has 0 spiro atoms. The zero-order valence-corrected chi connectivity index (χ0v) is 16.5. The second-order valence-electron chi connectivity index (χ2n) is 6.84. The number of carbonyl (C=O) groups excluding carboxylic acids is 1. The van der Waals surface area contributed by atoms with E-state index in [9.17, 15) is 9.59 Å². The average molecular weight is 391 g/mol. The van der Waals surface area contributed by atoms with Gasteiger partial charge in [0.15, 0.2) is 0 Å². The largest absolute Gasteiger partial charge is 0.492 e. The van der Waals surface area contributed by atoms with Crippen molar-refractivity contribution in [1.29, 1.82) is 0 Å². The van der Waals surface area contributed by atoms with Crippen molar-refractivity contribution in [2.24, 2.45) is 0 Å². The van der Waals surface area contributed by atoms with Crippen LogP contribution in [0.25, 0.3) is 0 Å². The highest BCUT2D eigenvalue weighted by molar-refractivity contribution is 5.92. The number of aromatic nitrogens is 2. The maximum absolute atomic E-state index is 12.5. The fourth-order valence-corrected chi connectivity index (χ4v) is 2.89. The standard InChI is InChI=1S/C23H25N3O3/c1-18(12-13-19-8-4-2-5-9-19)24-23(28)21-14-15-22(27)26(25-21)16-17-29-20-10-6-3-7-11-20/h2-11,14-15,18H,12-13,16-17H2,1H3,(H,24,28). The van der Waals surface area contributed by atoms with Crippen LogP contribution in [-0.4, -0.2) is 28.3 Å². The van der Waals surface area contributed by atoms with Crippen LogP contribution in [0.15, 0.2) is 77.6 Å². The summed E-state index contributed by atoms with van der Waals surface area (Å²) in [5.74, 6) is 0.435. The van der Waals surface area contributed by atoms with Crippen LogP contribution in [0, 0.1) is 0 Å². The van der Waals surface area contributed by atoms with Gasteiger partial charge in [0, 0.05) is 12.1 Å². The van der Waals surface area contributed by atoms with Gasteiger partial charge in [-0.3, -0.25) is 9.59 Å². The smallest absolute Gasteiger partial charge is 0.271 e. The number of hydrogen-bond acceptors (Lipinski definition) is 4. The van der Waals surface area contributed by atoms with E-state index in [1.165, 1.54) is 22.4 Å². The average Bonchev–Trinajstić information content (AvgIpc) is 2.75. The van der Waals surface area contributed by atoms with Gasteiger partial charge in [0.25, 0.3) is 11.5 Å². The van der Waals surface area contributed by atoms with Crippen LogP contribution >= 0.6 is 0 Å². The van der Waals surface area contributed by atoms with Gasteiger partial charge in [0.05, 0.1) is 6.54 Å². The molecule has 0 aliphatic rings. The first kappa shape index (κ1) is 20.3. The van der Waals surface area contributed by atoms with Crippen molar-refractivity contribution in [3.05, 3.63) is 94.4 Å². The van der Waals surface area contributed by atoms with Gasteiger partial charge in [-0.05, 0) is 43.5 Å². The topological polar surface area (TPSA) is 73.2 Å². The first-order chi connectivity index (χ1) is 14.1. The Morgan fingerprint density at radius 1 is 1.03 bits per heavy atom. The summed E-state index contributed by atoms with van der Waals surface area (Å²) in [4.78, 5) is 24.5. The molecule has 0 aliphatic heterocycles. The molecule has 0 saturated heterocycles. The van der Waals surface area contributed by atoms with E-state index in [4.69, 9.17) is 4.74 Å². The molecule has 0 bridgehead atoms. The lowest BCUT2D eigenvalue weighted by Crippen LogP contribution is -2.35. The maximum atomic E-state index is 12.5. The molecule has 1 amide bonds. The zero-order chi connectivity index (χ0) is 20.5. The second-order valence-corrected chi connectivity index (χ2v) is 6.84. The van der Waals surface area contributed by atoms with Crippen LogP contribution in [-0.2, 0) is 13.0 Å². The van der Waals surface area contributed by atoms with Crippen LogP contribution in [0.4, 0.5) is 0 Å². The molecule has 6 nitrogen and oxygen atoms in total. The van der Waals surface area contributed by atoms with Crippen LogP contribution < -0.4 is 15.6 Å². The highest BCUT2D eigenvalue weighted by atomic mass is 16.5. The number of aryl methyl sites for hydroxylation is 1. The predicted molar refractivity (Wildman–Crippen MR) is 112 cm³/mol. The Balaban J connectivity index is 1.53. The highest BCUT2D eigenvalue weighted by Gasteiger charge is 2.13. The Morgan fingerprint density at radius 3 is 2.45 bits per heavy atom. The van der Waals surface area contributed by atoms with Gasteiger partial charge >= 0.3 is 0 Å². The summed E-state index contributed by atoms with van der Waals surface area (Å²) in [6.45, 7) is 2.51. The molecule has 1 heterocycles. The van der Waals surface area contributed by atoms with E-state index >= 15 is 0 Å². The fraction of sp³-hybridized carbons (Fsp3) is 0.261. The summed E-state index contributed by atoms with van der Waals surface area (Å²) in [6, 6.07) is 22.3. The zero-order valence-electron chi connectivity index (χ0n) is 16.5. The Bertz CT molecular complexity index is 971. The van der Waals surface area contributed by atoms with E-state index in [-0.39, 0.29) is 36.4 Å². The summed E-state index contributed by atoms with van der Waals surface area (Å²) < 4.78 is 6.86. The molecule has 29 heavy (non-hydrogen) atoms. The van der Waals surface area contributed by atoms with Crippen molar-refractivity contribution in [3.63, 3.8) is 0 Å². The Morgan fingerprint density at radius 2 is 1.72 bits per heavy atom. The molecule has 0 fully saturated rings. The molecular formula is C23H25N3O3. The van der Waals surface area contributed by atoms with E-state index < -0.39 is 0 Å². The van der Waals surface area contributed by atoms with Crippen LogP contribution in [0.5, 0.6) is 5.75 Å². The van der Waals surface area contributed by atoms with Gasteiger partial charge < -0.3 is 10.1 Å². The van der Waals surface area contributed by atoms with E-state index in [2.05, 4.69) is 22.5 Å². The number of hydrogen-bond donors (Lipinski definition) is 1. The number of nitrogens with one attached hydrogen (secondary N) is 1. The van der Waals surface area contributed by atoms with Crippen LogP contribution in [0.2, 0.25) is 0 Å². The molecule has 3 aromatic rings. The van der Waals surface area contributed by atoms with Gasteiger partial charge in [-0.15, -0.1) is 0 Å². The Labute approximate surface area is 170 Å². The van der Waals surface area contributed by atoms with E-state index in [1.54, 1.807) is 0 Å². The van der Waals surface area contributed by atoms with Crippen molar-refractivity contribution >= 4 is 5.91 Å². The van der Waals surface area contributed by atoms with Gasteiger partial charge in [-0.2, -0.15) is 5.10 Å². The Hall–Kier alpha value is -3.41. The normalized spacial score (nSPS) is 11.6. The number of carbonyl (C=O) groups is 1. The molecule has 0 aliphatic carbocycles. The van der Waals surface area contributed by atoms with Gasteiger partial charge in [-0.1, -0.05) is 48.5 Å². The van der Waals surface area contributed by atoms with Gasteiger partial charge in [-0.25, -0.2) is 4.68 Å². The van der Waals surface area contributed by atoms with Crippen molar-refractivity contribution in [2.45, 2.75) is 32.4 Å². The summed E-state index contributed by atoms with van der Waals surface area (Å²) in [5.41, 5.74) is 1.19. The molecule has 1 atom stereocenters. The monoisotopic (exact) mass is 391 g/mol. The predicted octanol–water partition coefficient (Wildman–Crippen LogP) is 3.07. The molecule has 0 saturated carbocycles. The minimum atomic E-state index is -0.289. The minimum absolute atomic E-state index is 0.00806. The summed E-state index contributed by atoms with van der Waals surface area (Å²) >= 11 is 0. The SMILES string of the molecule is CC(CCc1ccccc1)NC(=O)c1ccc(=O)n(CCOc2ccccc2)n1. The first-order valence-corrected chi connectivity index (χ1v) is 9.72. The summed E-state index contributed by atoms with van der Waals surface area (Å²) in [7, 11) is 0. The number of para-hydroxylation sites is 1. The molecule has 1 N–H and O–H groups in total. The third kappa shape index (κ3) is 6.31. The second kappa shape index (κ2) is 10.2. The van der Waals surface area contributed by atoms with Crippen molar-refractivity contribution in [2.75, 3.05) is 6.61 Å². The van der Waals surface area contributed by atoms with Crippen molar-refractivity contribution < 1.29 is 9.53 Å². The lowest BCUT2D eigenvalue weighted by Gasteiger charge is -2.14. The van der Waals surface area contributed by atoms with Crippen LogP contribution in [0.3, 0.4) is 0 Å². The third-order valence-corrected chi connectivity index (χ3v) is 4.50. The van der Waals surface area contributed by atoms with Gasteiger partial charge in [0.2, 0.25) is 0 Å². The lowest BCUT2D eigenvalue weighted by atomic mass is 10.1. The summed E-state index contributed by atoms with van der Waals surface area (Å²) in [5, 5.41) is 7.13. The third-order valence-electron chi connectivity index (χ3n) is 4.50. The number of benzene rings is 2. The number of ether oxygens (including phenoxy) is 1. The minimum Gasteiger partial charge on any atom is -0.492 e.